The first-order valence-electron chi connectivity index (χ1n) is 11.3. The quantitative estimate of drug-likeness (QED) is 0.278. The van der Waals surface area contributed by atoms with Gasteiger partial charge in [-0.25, -0.2) is 4.98 Å². The molecule has 1 amide bonds. The fourth-order valence-corrected chi connectivity index (χ4v) is 6.15. The van der Waals surface area contributed by atoms with Crippen LogP contribution in [0.5, 0.6) is 0 Å². The zero-order chi connectivity index (χ0) is 22.6. The van der Waals surface area contributed by atoms with Crippen molar-refractivity contribution in [3.05, 3.63) is 76.4 Å². The van der Waals surface area contributed by atoms with E-state index in [9.17, 15) is 9.59 Å². The molecule has 0 spiro atoms. The largest absolute Gasteiger partial charge is 0.342 e. The van der Waals surface area contributed by atoms with Crippen molar-refractivity contribution in [3.8, 4) is 16.8 Å². The summed E-state index contributed by atoms with van der Waals surface area (Å²) in [5.41, 5.74) is 2.55. The third-order valence-corrected chi connectivity index (χ3v) is 7.76. The van der Waals surface area contributed by atoms with Gasteiger partial charge >= 0.3 is 0 Å². The van der Waals surface area contributed by atoms with Crippen LogP contribution in [0.15, 0.2) is 76.0 Å². The summed E-state index contributed by atoms with van der Waals surface area (Å²) in [4.78, 5) is 34.3. The van der Waals surface area contributed by atoms with Crippen LogP contribution in [0.2, 0.25) is 0 Å². The maximum Gasteiger partial charge on any atom is 0.268 e. The molecule has 7 heteroatoms. The van der Waals surface area contributed by atoms with Crippen molar-refractivity contribution in [1.82, 2.24) is 14.5 Å². The van der Waals surface area contributed by atoms with Crippen LogP contribution in [0.25, 0.3) is 27.0 Å². The lowest BCUT2D eigenvalue weighted by atomic mass is 10.1. The van der Waals surface area contributed by atoms with Crippen molar-refractivity contribution in [1.29, 1.82) is 0 Å². The summed E-state index contributed by atoms with van der Waals surface area (Å²) in [6.07, 6.45) is 4.50. The summed E-state index contributed by atoms with van der Waals surface area (Å²) in [6, 6.07) is 19.5. The van der Waals surface area contributed by atoms with E-state index in [4.69, 9.17) is 4.98 Å². The van der Waals surface area contributed by atoms with E-state index >= 15 is 0 Å². The average Bonchev–Trinajstić information content (AvgIpc) is 3.09. The summed E-state index contributed by atoms with van der Waals surface area (Å²) >= 11 is 2.82. The number of fused-ring (bicyclic) bond motifs is 1. The standard InChI is InChI=1S/C26H25N3O2S2/c30-22(28-15-9-1-2-10-16-28)18-33-26-27-24-23(21(17-32-24)19-11-5-3-6-12-19)25(31)29(26)20-13-7-4-8-14-20/h3-8,11-14,17H,1-2,9-10,15-16,18H2. The Hall–Kier alpha value is -2.90. The van der Waals surface area contributed by atoms with Crippen LogP contribution in [0.1, 0.15) is 25.7 Å². The Bertz CT molecular complexity index is 1310. The lowest BCUT2D eigenvalue weighted by Gasteiger charge is -2.20. The minimum Gasteiger partial charge on any atom is -0.342 e. The van der Waals surface area contributed by atoms with Crippen molar-refractivity contribution < 1.29 is 4.79 Å². The summed E-state index contributed by atoms with van der Waals surface area (Å²) in [5.74, 6) is 0.397. The molecule has 1 saturated heterocycles. The highest BCUT2D eigenvalue weighted by molar-refractivity contribution is 7.99. The number of amides is 1. The van der Waals surface area contributed by atoms with E-state index in [2.05, 4.69) is 0 Å². The van der Waals surface area contributed by atoms with E-state index in [0.29, 0.717) is 15.4 Å². The molecular formula is C26H25N3O2S2. The van der Waals surface area contributed by atoms with E-state index in [1.165, 1.54) is 35.9 Å². The van der Waals surface area contributed by atoms with Gasteiger partial charge in [-0.3, -0.25) is 14.2 Å². The van der Waals surface area contributed by atoms with Gasteiger partial charge in [0.1, 0.15) is 4.83 Å². The molecule has 1 aliphatic heterocycles. The maximum absolute atomic E-state index is 13.8. The third-order valence-electron chi connectivity index (χ3n) is 5.96. The molecule has 0 bridgehead atoms. The minimum absolute atomic E-state index is 0.101. The maximum atomic E-state index is 13.8. The summed E-state index contributed by atoms with van der Waals surface area (Å²) in [7, 11) is 0. The highest BCUT2D eigenvalue weighted by atomic mass is 32.2. The van der Waals surface area contributed by atoms with E-state index in [1.54, 1.807) is 4.57 Å². The van der Waals surface area contributed by atoms with Crippen molar-refractivity contribution in [2.45, 2.75) is 30.8 Å². The molecule has 0 atom stereocenters. The number of benzene rings is 2. The second kappa shape index (κ2) is 9.93. The Morgan fingerprint density at radius 1 is 0.939 bits per heavy atom. The van der Waals surface area contributed by atoms with Crippen LogP contribution >= 0.6 is 23.1 Å². The smallest absolute Gasteiger partial charge is 0.268 e. The van der Waals surface area contributed by atoms with Crippen LogP contribution in [-0.4, -0.2) is 39.2 Å². The molecule has 0 unspecified atom stereocenters. The van der Waals surface area contributed by atoms with E-state index in [0.717, 1.165) is 42.7 Å². The molecule has 2 aromatic carbocycles. The van der Waals surface area contributed by atoms with Gasteiger partial charge in [-0.15, -0.1) is 11.3 Å². The second-order valence-electron chi connectivity index (χ2n) is 8.15. The predicted octanol–water partition coefficient (Wildman–Crippen LogP) is 5.61. The van der Waals surface area contributed by atoms with Gasteiger partial charge in [-0.2, -0.15) is 0 Å². The van der Waals surface area contributed by atoms with E-state index < -0.39 is 0 Å². The topological polar surface area (TPSA) is 55.2 Å². The zero-order valence-corrected chi connectivity index (χ0v) is 19.9. The lowest BCUT2D eigenvalue weighted by molar-refractivity contribution is -0.128. The molecule has 5 nitrogen and oxygen atoms in total. The number of thioether (sulfide) groups is 1. The zero-order valence-electron chi connectivity index (χ0n) is 18.3. The fourth-order valence-electron chi connectivity index (χ4n) is 4.24. The average molecular weight is 476 g/mol. The molecule has 5 rings (SSSR count). The normalized spacial score (nSPS) is 14.4. The fraction of sp³-hybridized carbons (Fsp3) is 0.269. The Balaban J connectivity index is 1.55. The molecule has 2 aromatic heterocycles. The molecule has 3 heterocycles. The van der Waals surface area contributed by atoms with Crippen molar-refractivity contribution in [2.24, 2.45) is 0 Å². The molecule has 0 radical (unpaired) electrons. The van der Waals surface area contributed by atoms with Crippen LogP contribution in [0, 0.1) is 0 Å². The van der Waals surface area contributed by atoms with Gasteiger partial charge in [0.25, 0.3) is 5.56 Å². The van der Waals surface area contributed by atoms with Gasteiger partial charge in [0, 0.05) is 24.0 Å². The highest BCUT2D eigenvalue weighted by Crippen LogP contribution is 2.33. The number of rotatable bonds is 5. The molecule has 168 valence electrons. The van der Waals surface area contributed by atoms with Gasteiger partial charge < -0.3 is 4.90 Å². The van der Waals surface area contributed by atoms with Crippen molar-refractivity contribution in [3.63, 3.8) is 0 Å². The number of thiophene rings is 1. The number of para-hydroxylation sites is 1. The van der Waals surface area contributed by atoms with Gasteiger partial charge in [0.05, 0.1) is 16.8 Å². The third kappa shape index (κ3) is 4.61. The first-order chi connectivity index (χ1) is 16.2. The molecular weight excluding hydrogens is 450 g/mol. The van der Waals surface area contributed by atoms with Gasteiger partial charge in [-0.05, 0) is 30.5 Å². The summed E-state index contributed by atoms with van der Waals surface area (Å²) in [6.45, 7) is 1.64. The SMILES string of the molecule is O=C(CSc1nc2scc(-c3ccccc3)c2c(=O)n1-c1ccccc1)N1CCCCCC1. The van der Waals surface area contributed by atoms with E-state index in [1.807, 2.05) is 70.9 Å². The summed E-state index contributed by atoms with van der Waals surface area (Å²) < 4.78 is 1.65. The van der Waals surface area contributed by atoms with Crippen LogP contribution < -0.4 is 5.56 Å². The number of carbonyl (C=O) groups is 1. The number of aromatic nitrogens is 2. The number of hydrogen-bond donors (Lipinski definition) is 0. The molecule has 33 heavy (non-hydrogen) atoms. The Morgan fingerprint density at radius 3 is 2.30 bits per heavy atom. The number of carbonyl (C=O) groups excluding carboxylic acids is 1. The van der Waals surface area contributed by atoms with E-state index in [-0.39, 0.29) is 17.2 Å². The van der Waals surface area contributed by atoms with Gasteiger partial charge in [0.2, 0.25) is 5.91 Å². The second-order valence-corrected chi connectivity index (χ2v) is 9.95. The molecule has 1 fully saturated rings. The van der Waals surface area contributed by atoms with Crippen LogP contribution in [-0.2, 0) is 4.79 Å². The van der Waals surface area contributed by atoms with Crippen molar-refractivity contribution >= 4 is 39.2 Å². The molecule has 4 aromatic rings. The van der Waals surface area contributed by atoms with Gasteiger partial charge in [0.15, 0.2) is 5.16 Å². The predicted molar refractivity (Wildman–Crippen MR) is 136 cm³/mol. The molecule has 0 N–H and O–H groups in total. The number of nitrogens with zero attached hydrogens (tertiary/aromatic N) is 3. The van der Waals surface area contributed by atoms with Crippen LogP contribution in [0.3, 0.4) is 0 Å². The first-order valence-corrected chi connectivity index (χ1v) is 13.1. The number of hydrogen-bond acceptors (Lipinski definition) is 5. The molecule has 0 saturated carbocycles. The summed E-state index contributed by atoms with van der Waals surface area (Å²) in [5, 5.41) is 3.18. The van der Waals surface area contributed by atoms with Crippen molar-refractivity contribution in [2.75, 3.05) is 18.8 Å². The highest BCUT2D eigenvalue weighted by Gasteiger charge is 2.21. The lowest BCUT2D eigenvalue weighted by Crippen LogP contribution is -2.33. The Kier molecular flexibility index (Phi) is 6.60. The minimum atomic E-state index is -0.101. The molecule has 1 aliphatic rings. The molecule has 0 aliphatic carbocycles. The first kappa shape index (κ1) is 21.9. The number of likely N-dealkylation sites (tertiary alicyclic amines) is 1. The monoisotopic (exact) mass is 475 g/mol. The van der Waals surface area contributed by atoms with Gasteiger partial charge in [-0.1, -0.05) is 73.1 Å². The van der Waals surface area contributed by atoms with Crippen LogP contribution in [0.4, 0.5) is 0 Å². The Labute approximate surface area is 201 Å². The Morgan fingerprint density at radius 2 is 1.61 bits per heavy atom.